The Bertz CT molecular complexity index is 908. The molecule has 4 rings (SSSR count). The van der Waals surface area contributed by atoms with E-state index in [-0.39, 0.29) is 18.5 Å². The Kier molecular flexibility index (Phi) is 6.95. The number of pyridine rings is 1. The van der Waals surface area contributed by atoms with E-state index in [9.17, 15) is 18.0 Å². The number of ether oxygens (including phenoxy) is 1. The highest BCUT2D eigenvalue weighted by Crippen LogP contribution is 2.31. The summed E-state index contributed by atoms with van der Waals surface area (Å²) in [7, 11) is 0. The first-order chi connectivity index (χ1) is 15.4. The first kappa shape index (κ1) is 22.5. The van der Waals surface area contributed by atoms with Gasteiger partial charge in [-0.1, -0.05) is 12.1 Å². The van der Waals surface area contributed by atoms with E-state index in [1.165, 1.54) is 12.1 Å². The molecule has 1 N–H and O–H groups in total. The molecule has 0 spiro atoms. The molecule has 0 radical (unpaired) electrons. The van der Waals surface area contributed by atoms with Crippen molar-refractivity contribution in [2.24, 2.45) is 0 Å². The Morgan fingerprint density at radius 2 is 1.75 bits per heavy atom. The number of carbonyl (C=O) groups is 1. The van der Waals surface area contributed by atoms with Gasteiger partial charge in [0.25, 0.3) is 5.91 Å². The van der Waals surface area contributed by atoms with Gasteiger partial charge >= 0.3 is 6.18 Å². The average molecular weight is 448 g/mol. The number of nitrogens with one attached hydrogen (secondary N) is 1. The number of morpholine rings is 1. The van der Waals surface area contributed by atoms with Gasteiger partial charge in [0.2, 0.25) is 0 Å². The Labute approximate surface area is 185 Å². The van der Waals surface area contributed by atoms with Crippen LogP contribution in [0.3, 0.4) is 0 Å². The molecule has 1 amide bonds. The van der Waals surface area contributed by atoms with E-state index in [4.69, 9.17) is 4.74 Å². The molecule has 1 aromatic carbocycles. The van der Waals surface area contributed by atoms with Gasteiger partial charge in [-0.3, -0.25) is 9.69 Å². The highest BCUT2D eigenvalue weighted by atomic mass is 19.4. The van der Waals surface area contributed by atoms with Gasteiger partial charge in [0.1, 0.15) is 5.82 Å². The molecule has 2 aromatic rings. The standard InChI is InChI=1S/C23H27F3N4O2/c24-23(25,26)18-7-5-17(6-8-18)20(29-12-14-32-15-13-29)16-28-22(31)19-4-3-9-27-21(19)30-10-1-2-11-30/h3-9,20H,1-2,10-16H2,(H,28,31). The zero-order valence-corrected chi connectivity index (χ0v) is 17.8. The molecular formula is C23H27F3N4O2. The van der Waals surface area contributed by atoms with Gasteiger partial charge in [-0.15, -0.1) is 0 Å². The summed E-state index contributed by atoms with van der Waals surface area (Å²) in [5, 5.41) is 2.99. The number of aromatic nitrogens is 1. The molecule has 1 atom stereocenters. The first-order valence-corrected chi connectivity index (χ1v) is 10.9. The molecule has 172 valence electrons. The number of nitrogens with zero attached hydrogens (tertiary/aromatic N) is 3. The molecule has 32 heavy (non-hydrogen) atoms. The highest BCUT2D eigenvalue weighted by Gasteiger charge is 2.31. The topological polar surface area (TPSA) is 57.7 Å². The SMILES string of the molecule is O=C(NCC(c1ccc(C(F)(F)F)cc1)N1CCOCC1)c1cccnc1N1CCCC1. The Hall–Kier alpha value is -2.65. The van der Waals surface area contributed by atoms with Crippen LogP contribution in [0, 0.1) is 0 Å². The van der Waals surface area contributed by atoms with Crippen molar-refractivity contribution in [2.75, 3.05) is 50.8 Å². The van der Waals surface area contributed by atoms with Gasteiger partial charge in [0.05, 0.1) is 30.4 Å². The van der Waals surface area contributed by atoms with Crippen LogP contribution in [0.15, 0.2) is 42.6 Å². The summed E-state index contributed by atoms with van der Waals surface area (Å²) in [5.41, 5.74) is 0.560. The number of alkyl halides is 3. The summed E-state index contributed by atoms with van der Waals surface area (Å²) in [4.78, 5) is 21.7. The summed E-state index contributed by atoms with van der Waals surface area (Å²) < 4.78 is 44.4. The van der Waals surface area contributed by atoms with Crippen molar-refractivity contribution in [1.29, 1.82) is 0 Å². The van der Waals surface area contributed by atoms with Crippen LogP contribution in [0.4, 0.5) is 19.0 Å². The molecular weight excluding hydrogens is 421 g/mol. The lowest BCUT2D eigenvalue weighted by atomic mass is 10.0. The van der Waals surface area contributed by atoms with Gasteiger partial charge < -0.3 is 15.0 Å². The van der Waals surface area contributed by atoms with Crippen molar-refractivity contribution in [3.8, 4) is 0 Å². The molecule has 2 fully saturated rings. The molecule has 1 aromatic heterocycles. The third kappa shape index (κ3) is 5.21. The van der Waals surface area contributed by atoms with Crippen molar-refractivity contribution in [1.82, 2.24) is 15.2 Å². The van der Waals surface area contributed by atoms with E-state index in [1.54, 1.807) is 18.3 Å². The van der Waals surface area contributed by atoms with E-state index in [1.807, 2.05) is 0 Å². The van der Waals surface area contributed by atoms with Crippen molar-refractivity contribution in [2.45, 2.75) is 25.1 Å². The van der Waals surface area contributed by atoms with Crippen LogP contribution in [-0.4, -0.2) is 61.7 Å². The lowest BCUT2D eigenvalue weighted by Crippen LogP contribution is -2.44. The summed E-state index contributed by atoms with van der Waals surface area (Å²) in [6.07, 6.45) is -0.550. The summed E-state index contributed by atoms with van der Waals surface area (Å²) in [6, 6.07) is 8.43. The number of hydrogen-bond acceptors (Lipinski definition) is 5. The maximum absolute atomic E-state index is 13.1. The Morgan fingerprint density at radius 1 is 1.06 bits per heavy atom. The van der Waals surface area contributed by atoms with Gasteiger partial charge in [0, 0.05) is 38.9 Å². The second-order valence-electron chi connectivity index (χ2n) is 8.06. The van der Waals surface area contributed by atoms with Crippen molar-refractivity contribution >= 4 is 11.7 Å². The predicted molar refractivity (Wildman–Crippen MR) is 115 cm³/mol. The minimum Gasteiger partial charge on any atom is -0.379 e. The predicted octanol–water partition coefficient (Wildman–Crippen LogP) is 3.50. The molecule has 3 heterocycles. The number of rotatable bonds is 6. The Morgan fingerprint density at radius 3 is 2.41 bits per heavy atom. The maximum atomic E-state index is 13.1. The van der Waals surface area contributed by atoms with Crippen molar-refractivity contribution < 1.29 is 22.7 Å². The van der Waals surface area contributed by atoms with Crippen LogP contribution in [0.2, 0.25) is 0 Å². The number of hydrogen-bond donors (Lipinski definition) is 1. The molecule has 9 heteroatoms. The first-order valence-electron chi connectivity index (χ1n) is 10.9. The fraction of sp³-hybridized carbons (Fsp3) is 0.478. The molecule has 0 aliphatic carbocycles. The van der Waals surface area contributed by atoms with Crippen LogP contribution in [0.5, 0.6) is 0 Å². The normalized spacial score (nSPS) is 18.5. The number of benzene rings is 1. The third-order valence-electron chi connectivity index (χ3n) is 6.00. The Balaban J connectivity index is 1.51. The van der Waals surface area contributed by atoms with Crippen LogP contribution >= 0.6 is 0 Å². The van der Waals surface area contributed by atoms with Gasteiger partial charge in [0.15, 0.2) is 0 Å². The highest BCUT2D eigenvalue weighted by molar-refractivity contribution is 5.98. The van der Waals surface area contributed by atoms with Gasteiger partial charge in [-0.05, 0) is 42.7 Å². The molecule has 0 saturated carbocycles. The monoisotopic (exact) mass is 448 g/mol. The summed E-state index contributed by atoms with van der Waals surface area (Å²) in [5.74, 6) is 0.449. The lowest BCUT2D eigenvalue weighted by molar-refractivity contribution is -0.137. The number of carbonyl (C=O) groups excluding carboxylic acids is 1. The van der Waals surface area contributed by atoms with Crippen LogP contribution in [0.25, 0.3) is 0 Å². The van der Waals surface area contributed by atoms with E-state index in [0.29, 0.717) is 37.7 Å². The van der Waals surface area contributed by atoms with Gasteiger partial charge in [-0.25, -0.2) is 4.98 Å². The quantitative estimate of drug-likeness (QED) is 0.733. The molecule has 2 aliphatic heterocycles. The lowest BCUT2D eigenvalue weighted by Gasteiger charge is -2.35. The van der Waals surface area contributed by atoms with Crippen LogP contribution in [0.1, 0.15) is 40.4 Å². The van der Waals surface area contributed by atoms with Crippen molar-refractivity contribution in [3.05, 3.63) is 59.3 Å². The second kappa shape index (κ2) is 9.87. The number of amides is 1. The van der Waals surface area contributed by atoms with Crippen LogP contribution < -0.4 is 10.2 Å². The molecule has 0 bridgehead atoms. The largest absolute Gasteiger partial charge is 0.416 e. The smallest absolute Gasteiger partial charge is 0.379 e. The van der Waals surface area contributed by atoms with Crippen LogP contribution in [-0.2, 0) is 10.9 Å². The fourth-order valence-corrected chi connectivity index (χ4v) is 4.28. The van der Waals surface area contributed by atoms with E-state index in [2.05, 4.69) is 20.1 Å². The van der Waals surface area contributed by atoms with E-state index < -0.39 is 11.7 Å². The third-order valence-corrected chi connectivity index (χ3v) is 6.00. The molecule has 2 aliphatic rings. The number of halogens is 3. The van der Waals surface area contributed by atoms with Gasteiger partial charge in [-0.2, -0.15) is 13.2 Å². The zero-order valence-electron chi connectivity index (χ0n) is 17.8. The summed E-state index contributed by atoms with van der Waals surface area (Å²) in [6.45, 7) is 4.41. The van der Waals surface area contributed by atoms with E-state index >= 15 is 0 Å². The molecule has 6 nitrogen and oxygen atoms in total. The fourth-order valence-electron chi connectivity index (χ4n) is 4.28. The maximum Gasteiger partial charge on any atom is 0.416 e. The minimum atomic E-state index is -4.38. The molecule has 1 unspecified atom stereocenters. The zero-order chi connectivity index (χ0) is 22.6. The van der Waals surface area contributed by atoms with E-state index in [0.717, 1.165) is 43.6 Å². The minimum absolute atomic E-state index is 0.231. The molecule has 2 saturated heterocycles. The summed E-state index contributed by atoms with van der Waals surface area (Å²) >= 11 is 0. The average Bonchev–Trinajstić information content (AvgIpc) is 3.34. The second-order valence-corrected chi connectivity index (χ2v) is 8.06. The number of anilines is 1. The van der Waals surface area contributed by atoms with Crippen molar-refractivity contribution in [3.63, 3.8) is 0 Å².